The maximum atomic E-state index is 10.9. The minimum Gasteiger partial charge on any atom is -0.368 e. The van der Waals surface area contributed by atoms with Crippen LogP contribution in [0.4, 0.5) is 0 Å². The SMILES string of the molecule is NC(=O)C(N)CC1CCS(=O)(=O)N1. The van der Waals surface area contributed by atoms with Crippen molar-refractivity contribution in [1.29, 1.82) is 0 Å². The van der Waals surface area contributed by atoms with Gasteiger partial charge >= 0.3 is 0 Å². The van der Waals surface area contributed by atoms with E-state index in [1.165, 1.54) is 0 Å². The molecule has 1 aliphatic heterocycles. The quantitative estimate of drug-likeness (QED) is 0.490. The first-order valence-corrected chi connectivity index (χ1v) is 5.61. The van der Waals surface area contributed by atoms with Gasteiger partial charge in [-0.25, -0.2) is 13.1 Å². The summed E-state index contributed by atoms with van der Waals surface area (Å²) in [5, 5.41) is 0. The Morgan fingerprint density at radius 1 is 1.62 bits per heavy atom. The highest BCUT2D eigenvalue weighted by Crippen LogP contribution is 2.11. The third-order valence-electron chi connectivity index (χ3n) is 1.99. The molecule has 1 heterocycles. The summed E-state index contributed by atoms with van der Waals surface area (Å²) in [5.74, 6) is -0.505. The molecule has 2 atom stereocenters. The van der Waals surface area contributed by atoms with Gasteiger partial charge in [0.05, 0.1) is 11.8 Å². The second kappa shape index (κ2) is 3.60. The normalized spacial score (nSPS) is 28.5. The Balaban J connectivity index is 2.45. The smallest absolute Gasteiger partial charge is 0.234 e. The second-order valence-electron chi connectivity index (χ2n) is 3.17. The standard InChI is InChI=1S/C6H13N3O3S/c7-5(6(8)10)3-4-1-2-13(11,12)9-4/h4-5,9H,1-3,7H2,(H2,8,10). The summed E-state index contributed by atoms with van der Waals surface area (Å²) in [6.45, 7) is 0. The van der Waals surface area contributed by atoms with Crippen molar-refractivity contribution >= 4 is 15.9 Å². The molecule has 1 amide bonds. The lowest BCUT2D eigenvalue weighted by atomic mass is 10.1. The van der Waals surface area contributed by atoms with Crippen LogP contribution in [0.1, 0.15) is 12.8 Å². The molecule has 0 aromatic carbocycles. The van der Waals surface area contributed by atoms with E-state index >= 15 is 0 Å². The maximum absolute atomic E-state index is 10.9. The van der Waals surface area contributed by atoms with Crippen LogP contribution in [0.25, 0.3) is 0 Å². The summed E-state index contributed by atoms with van der Waals surface area (Å²) in [5.41, 5.74) is 10.3. The molecular formula is C6H13N3O3S. The van der Waals surface area contributed by atoms with Crippen molar-refractivity contribution in [3.63, 3.8) is 0 Å². The van der Waals surface area contributed by atoms with Gasteiger partial charge in [-0.05, 0) is 12.8 Å². The Kier molecular flexibility index (Phi) is 2.89. The van der Waals surface area contributed by atoms with Crippen molar-refractivity contribution in [1.82, 2.24) is 4.72 Å². The van der Waals surface area contributed by atoms with Gasteiger partial charge in [-0.15, -0.1) is 0 Å². The van der Waals surface area contributed by atoms with Gasteiger partial charge in [-0.3, -0.25) is 4.79 Å². The fraction of sp³-hybridized carbons (Fsp3) is 0.833. The second-order valence-corrected chi connectivity index (χ2v) is 5.04. The van der Waals surface area contributed by atoms with Gasteiger partial charge in [0.2, 0.25) is 15.9 Å². The Labute approximate surface area is 76.7 Å². The molecule has 0 radical (unpaired) electrons. The number of amides is 1. The predicted molar refractivity (Wildman–Crippen MR) is 47.1 cm³/mol. The van der Waals surface area contributed by atoms with E-state index in [9.17, 15) is 13.2 Å². The highest BCUT2D eigenvalue weighted by molar-refractivity contribution is 7.89. The van der Waals surface area contributed by atoms with Crippen LogP contribution in [0, 0.1) is 0 Å². The van der Waals surface area contributed by atoms with Crippen molar-refractivity contribution in [2.75, 3.05) is 5.75 Å². The first-order chi connectivity index (χ1) is 5.91. The molecule has 0 saturated carbocycles. The van der Waals surface area contributed by atoms with E-state index in [2.05, 4.69) is 4.72 Å². The highest BCUT2D eigenvalue weighted by atomic mass is 32.2. The molecule has 5 N–H and O–H groups in total. The number of carbonyl (C=O) groups excluding carboxylic acids is 1. The lowest BCUT2D eigenvalue weighted by Gasteiger charge is -2.12. The molecule has 1 aliphatic rings. The number of rotatable bonds is 3. The van der Waals surface area contributed by atoms with E-state index in [1.54, 1.807) is 0 Å². The van der Waals surface area contributed by atoms with Crippen LogP contribution < -0.4 is 16.2 Å². The molecule has 0 aliphatic carbocycles. The summed E-state index contributed by atoms with van der Waals surface area (Å²) in [4.78, 5) is 10.6. The van der Waals surface area contributed by atoms with E-state index in [4.69, 9.17) is 11.5 Å². The lowest BCUT2D eigenvalue weighted by Crippen LogP contribution is -2.41. The molecule has 7 heteroatoms. The van der Waals surface area contributed by atoms with Gasteiger partial charge in [0.1, 0.15) is 0 Å². The first-order valence-electron chi connectivity index (χ1n) is 3.95. The number of nitrogens with two attached hydrogens (primary N) is 2. The maximum Gasteiger partial charge on any atom is 0.234 e. The molecule has 0 spiro atoms. The molecule has 0 aromatic rings. The van der Waals surface area contributed by atoms with E-state index < -0.39 is 22.0 Å². The summed E-state index contributed by atoms with van der Waals surface area (Å²) >= 11 is 0. The van der Waals surface area contributed by atoms with E-state index in [0.717, 1.165) is 0 Å². The number of hydrogen-bond acceptors (Lipinski definition) is 4. The number of hydrogen-bond donors (Lipinski definition) is 3. The zero-order valence-electron chi connectivity index (χ0n) is 7.06. The number of sulfonamides is 1. The Morgan fingerprint density at radius 3 is 2.62 bits per heavy atom. The van der Waals surface area contributed by atoms with E-state index in [-0.39, 0.29) is 18.2 Å². The van der Waals surface area contributed by atoms with Gasteiger partial charge in [-0.1, -0.05) is 0 Å². The molecule has 2 unspecified atom stereocenters. The molecule has 1 rings (SSSR count). The average Bonchev–Trinajstić information content (AvgIpc) is 2.30. The molecule has 76 valence electrons. The van der Waals surface area contributed by atoms with E-state index in [0.29, 0.717) is 6.42 Å². The van der Waals surface area contributed by atoms with Crippen molar-refractivity contribution in [3.05, 3.63) is 0 Å². The average molecular weight is 207 g/mol. The van der Waals surface area contributed by atoms with Gasteiger partial charge in [0, 0.05) is 6.04 Å². The number of carbonyl (C=O) groups is 1. The van der Waals surface area contributed by atoms with Crippen LogP contribution in [0.5, 0.6) is 0 Å². The molecule has 0 aromatic heterocycles. The first kappa shape index (κ1) is 10.4. The Hall–Kier alpha value is -0.660. The third kappa shape index (κ3) is 2.94. The van der Waals surface area contributed by atoms with Gasteiger partial charge in [0.25, 0.3) is 0 Å². The molecule has 1 saturated heterocycles. The molecular weight excluding hydrogens is 194 g/mol. The molecule has 13 heavy (non-hydrogen) atoms. The van der Waals surface area contributed by atoms with Crippen LogP contribution in [0.2, 0.25) is 0 Å². The van der Waals surface area contributed by atoms with Crippen LogP contribution >= 0.6 is 0 Å². The Bertz CT molecular complexity index is 300. The molecule has 0 bridgehead atoms. The van der Waals surface area contributed by atoms with Crippen LogP contribution in [0.3, 0.4) is 0 Å². The minimum atomic E-state index is -3.12. The van der Waals surface area contributed by atoms with Crippen molar-refractivity contribution in [2.45, 2.75) is 24.9 Å². The summed E-state index contributed by atoms with van der Waals surface area (Å²) in [6.07, 6.45) is 0.762. The highest BCUT2D eigenvalue weighted by Gasteiger charge is 2.28. The molecule has 6 nitrogen and oxygen atoms in total. The topological polar surface area (TPSA) is 115 Å². The Morgan fingerprint density at radius 2 is 2.23 bits per heavy atom. The summed E-state index contributed by atoms with van der Waals surface area (Å²) in [7, 11) is -3.12. The van der Waals surface area contributed by atoms with E-state index in [1.807, 2.05) is 0 Å². The summed E-state index contributed by atoms with van der Waals surface area (Å²) in [6, 6.07) is -1.02. The minimum absolute atomic E-state index is 0.100. The van der Waals surface area contributed by atoms with Crippen LogP contribution in [0.15, 0.2) is 0 Å². The van der Waals surface area contributed by atoms with Crippen LogP contribution in [-0.2, 0) is 14.8 Å². The predicted octanol–water partition coefficient (Wildman–Crippen LogP) is -2.12. The fourth-order valence-corrected chi connectivity index (χ4v) is 2.69. The van der Waals surface area contributed by atoms with Gasteiger partial charge < -0.3 is 11.5 Å². The zero-order valence-corrected chi connectivity index (χ0v) is 7.88. The third-order valence-corrected chi connectivity index (χ3v) is 3.45. The largest absolute Gasteiger partial charge is 0.368 e. The van der Waals surface area contributed by atoms with Crippen molar-refractivity contribution < 1.29 is 13.2 Å². The monoisotopic (exact) mass is 207 g/mol. The van der Waals surface area contributed by atoms with Gasteiger partial charge in [0.15, 0.2) is 0 Å². The number of primary amides is 1. The van der Waals surface area contributed by atoms with Crippen molar-refractivity contribution in [3.8, 4) is 0 Å². The van der Waals surface area contributed by atoms with Crippen LogP contribution in [-0.4, -0.2) is 32.2 Å². The molecule has 1 fully saturated rings. The summed E-state index contributed by atoms with van der Waals surface area (Å²) < 4.78 is 24.2. The lowest BCUT2D eigenvalue weighted by molar-refractivity contribution is -0.119. The van der Waals surface area contributed by atoms with Crippen molar-refractivity contribution in [2.24, 2.45) is 11.5 Å². The van der Waals surface area contributed by atoms with Gasteiger partial charge in [-0.2, -0.15) is 0 Å². The number of nitrogens with one attached hydrogen (secondary N) is 1. The fourth-order valence-electron chi connectivity index (χ4n) is 1.26. The zero-order chi connectivity index (χ0) is 10.1.